The van der Waals surface area contributed by atoms with E-state index in [1.807, 2.05) is 19.1 Å². The van der Waals surface area contributed by atoms with Crippen LogP contribution in [0.25, 0.3) is 22.5 Å². The van der Waals surface area contributed by atoms with E-state index in [4.69, 9.17) is 28.2 Å². The Labute approximate surface area is 217 Å². The minimum absolute atomic E-state index is 0.0279. The van der Waals surface area contributed by atoms with E-state index in [0.29, 0.717) is 65.2 Å². The number of aromatic nitrogens is 4. The Morgan fingerprint density at radius 1 is 0.944 bits per heavy atom. The summed E-state index contributed by atoms with van der Waals surface area (Å²) in [6.07, 6.45) is 6.43. The fourth-order valence-electron chi connectivity index (χ4n) is 4.14. The van der Waals surface area contributed by atoms with Crippen molar-refractivity contribution in [3.05, 3.63) is 88.3 Å². The number of benzene rings is 1. The van der Waals surface area contributed by atoms with E-state index in [2.05, 4.69) is 19.9 Å². The molecule has 1 saturated heterocycles. The molecule has 0 atom stereocenters. The third kappa shape index (κ3) is 4.74. The van der Waals surface area contributed by atoms with Crippen LogP contribution in [0.4, 0.5) is 10.2 Å². The van der Waals surface area contributed by atoms with Crippen LogP contribution in [0.2, 0.25) is 10.0 Å². The van der Waals surface area contributed by atoms with Gasteiger partial charge in [0.1, 0.15) is 23.0 Å². The summed E-state index contributed by atoms with van der Waals surface area (Å²) in [7, 11) is 0. The molecule has 0 bridgehead atoms. The SMILES string of the molecule is Cc1cccnc1C(=O)N1CCN(c2cnc(-c3ccc(Cl)c(F)c3)c(-c3ccncc3Cl)n2)CC1. The molecule has 0 spiro atoms. The predicted molar refractivity (Wildman–Crippen MR) is 138 cm³/mol. The first kappa shape index (κ1) is 24.1. The maximum Gasteiger partial charge on any atom is 0.272 e. The fraction of sp³-hybridized carbons (Fsp3) is 0.192. The third-order valence-electron chi connectivity index (χ3n) is 6.08. The van der Waals surface area contributed by atoms with Crippen molar-refractivity contribution in [2.75, 3.05) is 31.1 Å². The second-order valence-corrected chi connectivity index (χ2v) is 9.17. The molecule has 5 rings (SSSR count). The lowest BCUT2D eigenvalue weighted by Gasteiger charge is -2.35. The second-order valence-electron chi connectivity index (χ2n) is 8.36. The van der Waals surface area contributed by atoms with Gasteiger partial charge in [-0.3, -0.25) is 19.7 Å². The van der Waals surface area contributed by atoms with Gasteiger partial charge in [-0.15, -0.1) is 0 Å². The number of rotatable bonds is 4. The van der Waals surface area contributed by atoms with Crippen LogP contribution < -0.4 is 4.90 Å². The highest BCUT2D eigenvalue weighted by Crippen LogP contribution is 2.35. The van der Waals surface area contributed by atoms with Crippen LogP contribution in [0.5, 0.6) is 0 Å². The molecule has 0 saturated carbocycles. The zero-order chi connectivity index (χ0) is 25.2. The van der Waals surface area contributed by atoms with Crippen molar-refractivity contribution in [2.45, 2.75) is 6.92 Å². The Bertz CT molecular complexity index is 1440. The average Bonchev–Trinajstić information content (AvgIpc) is 2.90. The Balaban J connectivity index is 1.44. The number of hydrogen-bond donors (Lipinski definition) is 0. The molecule has 1 fully saturated rings. The zero-order valence-corrected chi connectivity index (χ0v) is 20.8. The summed E-state index contributed by atoms with van der Waals surface area (Å²) in [4.78, 5) is 34.6. The normalized spacial score (nSPS) is 13.7. The van der Waals surface area contributed by atoms with Crippen molar-refractivity contribution in [3.63, 3.8) is 0 Å². The monoisotopic (exact) mass is 522 g/mol. The summed E-state index contributed by atoms with van der Waals surface area (Å²) in [6, 6.07) is 9.95. The quantitative estimate of drug-likeness (QED) is 0.361. The van der Waals surface area contributed by atoms with E-state index in [9.17, 15) is 9.18 Å². The van der Waals surface area contributed by atoms with Crippen LogP contribution in [-0.2, 0) is 0 Å². The summed E-state index contributed by atoms with van der Waals surface area (Å²) in [5.41, 5.74) is 3.46. The smallest absolute Gasteiger partial charge is 0.272 e. The van der Waals surface area contributed by atoms with Gasteiger partial charge in [0.2, 0.25) is 0 Å². The zero-order valence-electron chi connectivity index (χ0n) is 19.3. The minimum Gasteiger partial charge on any atom is -0.352 e. The Morgan fingerprint density at radius 2 is 1.75 bits per heavy atom. The van der Waals surface area contributed by atoms with Crippen LogP contribution in [-0.4, -0.2) is 56.9 Å². The second kappa shape index (κ2) is 10.2. The van der Waals surface area contributed by atoms with Gasteiger partial charge in [0.25, 0.3) is 5.91 Å². The third-order valence-corrected chi connectivity index (χ3v) is 6.69. The van der Waals surface area contributed by atoms with Gasteiger partial charge >= 0.3 is 0 Å². The molecular weight excluding hydrogens is 502 g/mol. The largest absolute Gasteiger partial charge is 0.352 e. The lowest BCUT2D eigenvalue weighted by atomic mass is 10.0. The highest BCUT2D eigenvalue weighted by Gasteiger charge is 2.26. The van der Waals surface area contributed by atoms with E-state index in [1.165, 1.54) is 18.3 Å². The molecule has 1 aliphatic heterocycles. The molecule has 182 valence electrons. The van der Waals surface area contributed by atoms with Gasteiger partial charge in [-0.2, -0.15) is 0 Å². The number of amides is 1. The Hall–Kier alpha value is -3.62. The first-order chi connectivity index (χ1) is 17.4. The van der Waals surface area contributed by atoms with Gasteiger partial charge in [0.15, 0.2) is 0 Å². The first-order valence-corrected chi connectivity index (χ1v) is 12.1. The molecule has 10 heteroatoms. The molecule has 4 aromatic rings. The topological polar surface area (TPSA) is 75.1 Å². The molecule has 36 heavy (non-hydrogen) atoms. The van der Waals surface area contributed by atoms with Crippen molar-refractivity contribution in [3.8, 4) is 22.5 Å². The lowest BCUT2D eigenvalue weighted by Crippen LogP contribution is -2.49. The highest BCUT2D eigenvalue weighted by molar-refractivity contribution is 6.33. The van der Waals surface area contributed by atoms with Crippen LogP contribution in [0.15, 0.2) is 61.2 Å². The maximum atomic E-state index is 14.2. The summed E-state index contributed by atoms with van der Waals surface area (Å²) in [6.45, 7) is 4.07. The van der Waals surface area contributed by atoms with Crippen molar-refractivity contribution < 1.29 is 9.18 Å². The summed E-state index contributed by atoms with van der Waals surface area (Å²) >= 11 is 12.3. The van der Waals surface area contributed by atoms with Crippen molar-refractivity contribution in [2.24, 2.45) is 0 Å². The number of carbonyl (C=O) groups is 1. The number of nitrogens with zero attached hydrogens (tertiary/aromatic N) is 6. The summed E-state index contributed by atoms with van der Waals surface area (Å²) in [5.74, 6) is 0.0103. The molecule has 0 unspecified atom stereocenters. The van der Waals surface area contributed by atoms with Crippen LogP contribution >= 0.6 is 23.2 Å². The lowest BCUT2D eigenvalue weighted by molar-refractivity contribution is 0.0740. The van der Waals surface area contributed by atoms with E-state index < -0.39 is 5.82 Å². The molecule has 3 aromatic heterocycles. The van der Waals surface area contributed by atoms with Crippen LogP contribution in [0, 0.1) is 12.7 Å². The molecule has 1 amide bonds. The number of anilines is 1. The van der Waals surface area contributed by atoms with Gasteiger partial charge in [-0.25, -0.2) is 9.37 Å². The molecular formula is C26H21Cl2FN6O. The number of aryl methyl sites for hydroxylation is 1. The van der Waals surface area contributed by atoms with Gasteiger partial charge in [-0.05, 0) is 36.8 Å². The van der Waals surface area contributed by atoms with Gasteiger partial charge in [0.05, 0.1) is 21.9 Å². The average molecular weight is 523 g/mol. The van der Waals surface area contributed by atoms with Gasteiger partial charge in [0, 0.05) is 55.9 Å². The van der Waals surface area contributed by atoms with E-state index in [1.54, 1.807) is 35.6 Å². The molecule has 1 aliphatic rings. The van der Waals surface area contributed by atoms with Crippen LogP contribution in [0.1, 0.15) is 16.1 Å². The van der Waals surface area contributed by atoms with E-state index >= 15 is 0 Å². The Kier molecular flexibility index (Phi) is 6.80. The predicted octanol–water partition coefficient (Wildman–Crippen LogP) is 5.32. The highest BCUT2D eigenvalue weighted by atomic mass is 35.5. The van der Waals surface area contributed by atoms with E-state index in [0.717, 1.165) is 5.56 Å². The van der Waals surface area contributed by atoms with Crippen molar-refractivity contribution >= 4 is 34.9 Å². The van der Waals surface area contributed by atoms with E-state index in [-0.39, 0.29) is 10.9 Å². The standard InChI is InChI=1S/C26H21Cl2FN6O/c1-16-3-2-7-31-23(16)26(36)35-11-9-34(10-12-35)22-15-32-24(17-4-5-19(27)21(29)13-17)25(33-22)18-6-8-30-14-20(18)28/h2-8,13-15H,9-12H2,1H3. The molecule has 4 heterocycles. The summed E-state index contributed by atoms with van der Waals surface area (Å²) in [5, 5.41) is 0.431. The molecule has 0 aliphatic carbocycles. The number of piperazine rings is 1. The number of pyridine rings is 2. The molecule has 7 nitrogen and oxygen atoms in total. The van der Waals surface area contributed by atoms with Crippen LogP contribution in [0.3, 0.4) is 0 Å². The number of carbonyl (C=O) groups excluding carboxylic acids is 1. The summed E-state index contributed by atoms with van der Waals surface area (Å²) < 4.78 is 14.2. The molecule has 0 radical (unpaired) electrons. The molecule has 1 aromatic carbocycles. The van der Waals surface area contributed by atoms with Gasteiger partial charge < -0.3 is 9.80 Å². The Morgan fingerprint density at radius 3 is 2.47 bits per heavy atom. The number of hydrogen-bond acceptors (Lipinski definition) is 6. The minimum atomic E-state index is -0.546. The van der Waals surface area contributed by atoms with Gasteiger partial charge in [-0.1, -0.05) is 35.3 Å². The molecule has 0 N–H and O–H groups in total. The maximum absolute atomic E-state index is 14.2. The number of halogens is 3. The van der Waals surface area contributed by atoms with Crippen molar-refractivity contribution in [1.82, 2.24) is 24.8 Å². The van der Waals surface area contributed by atoms with Crippen molar-refractivity contribution in [1.29, 1.82) is 0 Å². The first-order valence-electron chi connectivity index (χ1n) is 11.3. The fourth-order valence-corrected chi connectivity index (χ4v) is 4.47.